The van der Waals surface area contributed by atoms with Gasteiger partial charge >= 0.3 is 0 Å². The summed E-state index contributed by atoms with van der Waals surface area (Å²) in [5, 5.41) is 2.92. The standard InChI is InChI=1S/C8H11N3O/c1-3-4-9-7-5-8(12)11(2)6-10-7/h3,5-6,9H,1,4H2,2H3. The summed E-state index contributed by atoms with van der Waals surface area (Å²) in [6.45, 7) is 4.15. The average Bonchev–Trinajstić information content (AvgIpc) is 2.07. The molecule has 0 bridgehead atoms. The minimum absolute atomic E-state index is 0.0726. The number of hydrogen-bond donors (Lipinski definition) is 1. The minimum atomic E-state index is -0.0726. The van der Waals surface area contributed by atoms with Crippen molar-refractivity contribution in [3.63, 3.8) is 0 Å². The molecule has 0 radical (unpaired) electrons. The van der Waals surface area contributed by atoms with Crippen LogP contribution in [-0.4, -0.2) is 16.1 Å². The molecule has 4 nitrogen and oxygen atoms in total. The van der Waals surface area contributed by atoms with E-state index in [1.165, 1.54) is 17.0 Å². The van der Waals surface area contributed by atoms with E-state index in [0.717, 1.165) is 0 Å². The molecule has 1 aromatic heterocycles. The van der Waals surface area contributed by atoms with Crippen molar-refractivity contribution in [3.05, 3.63) is 35.4 Å². The number of hydrogen-bond acceptors (Lipinski definition) is 3. The fourth-order valence-electron chi connectivity index (χ4n) is 0.735. The second kappa shape index (κ2) is 3.71. The molecule has 0 aromatic carbocycles. The Hall–Kier alpha value is -1.58. The Balaban J connectivity index is 2.82. The highest BCUT2D eigenvalue weighted by atomic mass is 16.1. The molecule has 0 spiro atoms. The third-order valence-corrected chi connectivity index (χ3v) is 1.41. The molecule has 0 unspecified atom stereocenters. The quantitative estimate of drug-likeness (QED) is 0.658. The molecule has 4 heteroatoms. The molecule has 12 heavy (non-hydrogen) atoms. The van der Waals surface area contributed by atoms with Crippen LogP contribution in [0.4, 0.5) is 5.82 Å². The maximum absolute atomic E-state index is 11.1. The van der Waals surface area contributed by atoms with Gasteiger partial charge in [0.05, 0.1) is 6.33 Å². The molecule has 0 aliphatic heterocycles. The molecule has 1 aromatic rings. The fourth-order valence-corrected chi connectivity index (χ4v) is 0.735. The van der Waals surface area contributed by atoms with Crippen LogP contribution in [0, 0.1) is 0 Å². The Kier molecular flexibility index (Phi) is 2.63. The van der Waals surface area contributed by atoms with E-state index in [9.17, 15) is 4.79 Å². The molecule has 0 aliphatic carbocycles. The van der Waals surface area contributed by atoms with Crippen LogP contribution >= 0.6 is 0 Å². The molecule has 0 atom stereocenters. The van der Waals surface area contributed by atoms with E-state index in [4.69, 9.17) is 0 Å². The van der Waals surface area contributed by atoms with Gasteiger partial charge in [0.25, 0.3) is 5.56 Å². The van der Waals surface area contributed by atoms with Crippen LogP contribution in [0.25, 0.3) is 0 Å². The first kappa shape index (κ1) is 8.52. The van der Waals surface area contributed by atoms with Crippen molar-refractivity contribution in [2.45, 2.75) is 0 Å². The van der Waals surface area contributed by atoms with Gasteiger partial charge in [-0.3, -0.25) is 4.79 Å². The summed E-state index contributed by atoms with van der Waals surface area (Å²) in [7, 11) is 1.66. The van der Waals surface area contributed by atoms with Crippen molar-refractivity contribution >= 4 is 5.82 Å². The van der Waals surface area contributed by atoms with Crippen LogP contribution in [0.3, 0.4) is 0 Å². The largest absolute Gasteiger partial charge is 0.366 e. The zero-order chi connectivity index (χ0) is 8.97. The smallest absolute Gasteiger partial charge is 0.255 e. The highest BCUT2D eigenvalue weighted by Crippen LogP contribution is 1.93. The molecule has 64 valence electrons. The Labute approximate surface area is 70.6 Å². The lowest BCUT2D eigenvalue weighted by molar-refractivity contribution is 0.825. The third-order valence-electron chi connectivity index (χ3n) is 1.41. The molecule has 1 heterocycles. The van der Waals surface area contributed by atoms with Crippen LogP contribution in [0.15, 0.2) is 29.8 Å². The van der Waals surface area contributed by atoms with Gasteiger partial charge in [0.15, 0.2) is 0 Å². The summed E-state index contributed by atoms with van der Waals surface area (Å²) in [5.74, 6) is 0.581. The number of nitrogens with one attached hydrogen (secondary N) is 1. The Morgan fingerprint density at radius 3 is 3.17 bits per heavy atom. The molecule has 0 aliphatic rings. The summed E-state index contributed by atoms with van der Waals surface area (Å²) in [6.07, 6.45) is 3.19. The van der Waals surface area contributed by atoms with Crippen molar-refractivity contribution in [2.75, 3.05) is 11.9 Å². The highest BCUT2D eigenvalue weighted by Gasteiger charge is 1.93. The third kappa shape index (κ3) is 1.95. The van der Waals surface area contributed by atoms with E-state index in [-0.39, 0.29) is 5.56 Å². The summed E-state index contributed by atoms with van der Waals surface area (Å²) in [5.41, 5.74) is -0.0726. The van der Waals surface area contributed by atoms with Crippen molar-refractivity contribution in [3.8, 4) is 0 Å². The summed E-state index contributed by atoms with van der Waals surface area (Å²) < 4.78 is 1.42. The van der Waals surface area contributed by atoms with Gasteiger partial charge in [0.2, 0.25) is 0 Å². The van der Waals surface area contributed by atoms with Crippen molar-refractivity contribution < 1.29 is 0 Å². The predicted molar refractivity (Wildman–Crippen MR) is 48.2 cm³/mol. The van der Waals surface area contributed by atoms with Crippen molar-refractivity contribution in [2.24, 2.45) is 7.05 Å². The summed E-state index contributed by atoms with van der Waals surface area (Å²) >= 11 is 0. The number of aromatic nitrogens is 2. The van der Waals surface area contributed by atoms with Crippen LogP contribution in [0.2, 0.25) is 0 Å². The lowest BCUT2D eigenvalue weighted by Crippen LogP contribution is -2.17. The summed E-state index contributed by atoms with van der Waals surface area (Å²) in [4.78, 5) is 15.0. The maximum atomic E-state index is 11.1. The molecule has 0 amide bonds. The van der Waals surface area contributed by atoms with E-state index in [1.807, 2.05) is 0 Å². The first-order chi connectivity index (χ1) is 5.74. The Morgan fingerprint density at radius 1 is 1.83 bits per heavy atom. The second-order valence-corrected chi connectivity index (χ2v) is 2.39. The van der Waals surface area contributed by atoms with Gasteiger partial charge in [-0.1, -0.05) is 6.08 Å². The molecule has 0 saturated carbocycles. The van der Waals surface area contributed by atoms with Crippen LogP contribution < -0.4 is 10.9 Å². The Bertz CT molecular complexity index is 329. The van der Waals surface area contributed by atoms with E-state index >= 15 is 0 Å². The normalized spacial score (nSPS) is 9.42. The molecular weight excluding hydrogens is 154 g/mol. The SMILES string of the molecule is C=CCNc1cc(=O)n(C)cn1. The van der Waals surface area contributed by atoms with E-state index in [1.54, 1.807) is 13.1 Å². The minimum Gasteiger partial charge on any atom is -0.366 e. The lowest BCUT2D eigenvalue weighted by Gasteiger charge is -2.01. The second-order valence-electron chi connectivity index (χ2n) is 2.39. The molecule has 1 rings (SSSR count). The monoisotopic (exact) mass is 165 g/mol. The van der Waals surface area contributed by atoms with E-state index < -0.39 is 0 Å². The zero-order valence-electron chi connectivity index (χ0n) is 6.95. The first-order valence-electron chi connectivity index (χ1n) is 3.61. The highest BCUT2D eigenvalue weighted by molar-refractivity contribution is 5.32. The van der Waals surface area contributed by atoms with Gasteiger partial charge in [-0.15, -0.1) is 6.58 Å². The first-order valence-corrected chi connectivity index (χ1v) is 3.61. The molecule has 1 N–H and O–H groups in total. The average molecular weight is 165 g/mol. The van der Waals surface area contributed by atoms with Crippen molar-refractivity contribution in [1.29, 1.82) is 0 Å². The molecule has 0 fully saturated rings. The number of aryl methyl sites for hydroxylation is 1. The van der Waals surface area contributed by atoms with Crippen LogP contribution in [-0.2, 0) is 7.05 Å². The van der Waals surface area contributed by atoms with E-state index in [2.05, 4.69) is 16.9 Å². The molecular formula is C8H11N3O. The Morgan fingerprint density at radius 2 is 2.58 bits per heavy atom. The summed E-state index contributed by atoms with van der Waals surface area (Å²) in [6, 6.07) is 1.45. The number of anilines is 1. The van der Waals surface area contributed by atoms with E-state index in [0.29, 0.717) is 12.4 Å². The predicted octanol–water partition coefficient (Wildman–Crippen LogP) is 0.378. The molecule has 0 saturated heterocycles. The van der Waals surface area contributed by atoms with Crippen molar-refractivity contribution in [1.82, 2.24) is 9.55 Å². The van der Waals surface area contributed by atoms with Gasteiger partial charge in [-0.2, -0.15) is 0 Å². The maximum Gasteiger partial charge on any atom is 0.255 e. The van der Waals surface area contributed by atoms with Gasteiger partial charge in [-0.05, 0) is 0 Å². The van der Waals surface area contributed by atoms with Crippen LogP contribution in [0.1, 0.15) is 0 Å². The number of rotatable bonds is 3. The van der Waals surface area contributed by atoms with Gasteiger partial charge in [0.1, 0.15) is 5.82 Å². The number of nitrogens with zero attached hydrogens (tertiary/aromatic N) is 2. The topological polar surface area (TPSA) is 46.9 Å². The van der Waals surface area contributed by atoms with Gasteiger partial charge in [-0.25, -0.2) is 4.98 Å². The van der Waals surface area contributed by atoms with Gasteiger partial charge in [0, 0.05) is 19.7 Å². The van der Waals surface area contributed by atoms with Gasteiger partial charge < -0.3 is 9.88 Å². The lowest BCUT2D eigenvalue weighted by atomic mass is 10.5. The van der Waals surface area contributed by atoms with Crippen LogP contribution in [0.5, 0.6) is 0 Å². The zero-order valence-corrected chi connectivity index (χ0v) is 6.95. The fraction of sp³-hybridized carbons (Fsp3) is 0.250.